The van der Waals surface area contributed by atoms with E-state index in [1.165, 1.54) is 0 Å². The van der Waals surface area contributed by atoms with E-state index < -0.39 is 0 Å². The lowest BCUT2D eigenvalue weighted by Gasteiger charge is -2.04. The Kier molecular flexibility index (Phi) is 3.85. The molecule has 0 spiro atoms. The Morgan fingerprint density at radius 1 is 1.33 bits per heavy atom. The molecule has 0 unspecified atom stereocenters. The van der Waals surface area contributed by atoms with Crippen LogP contribution in [0.25, 0.3) is 0 Å². The van der Waals surface area contributed by atoms with Crippen LogP contribution >= 0.6 is 0 Å². The van der Waals surface area contributed by atoms with Crippen molar-refractivity contribution in [1.29, 1.82) is 0 Å². The largest absolute Gasteiger partial charge is 0.399 e. The van der Waals surface area contributed by atoms with Gasteiger partial charge in [0.2, 0.25) is 0 Å². The van der Waals surface area contributed by atoms with Crippen LogP contribution in [0.5, 0.6) is 0 Å². The van der Waals surface area contributed by atoms with Crippen molar-refractivity contribution in [2.45, 2.75) is 19.3 Å². The van der Waals surface area contributed by atoms with Crippen LogP contribution in [0.3, 0.4) is 0 Å². The number of benzene rings is 1. The number of nitrogen functional groups attached to an aromatic ring is 2. The Balaban J connectivity index is 2.72. The summed E-state index contributed by atoms with van der Waals surface area (Å²) in [4.78, 5) is 21.7. The third kappa shape index (κ3) is 3.09. The lowest BCUT2D eigenvalue weighted by Crippen LogP contribution is -2.04. The first-order valence-corrected chi connectivity index (χ1v) is 4.77. The molecule has 0 aliphatic carbocycles. The number of nitrogens with two attached hydrogens (primary N) is 2. The molecule has 4 heteroatoms. The fourth-order valence-electron chi connectivity index (χ4n) is 1.30. The third-order valence-electron chi connectivity index (χ3n) is 2.10. The van der Waals surface area contributed by atoms with Gasteiger partial charge in [0, 0.05) is 29.8 Å². The maximum atomic E-state index is 11.6. The number of rotatable bonds is 5. The number of hydrogen-bond acceptors (Lipinski definition) is 4. The molecule has 0 saturated heterocycles. The summed E-state index contributed by atoms with van der Waals surface area (Å²) in [5, 5.41) is 0. The van der Waals surface area contributed by atoms with Crippen molar-refractivity contribution in [2.75, 3.05) is 11.5 Å². The van der Waals surface area contributed by atoms with E-state index in [2.05, 4.69) is 0 Å². The summed E-state index contributed by atoms with van der Waals surface area (Å²) in [6.45, 7) is 0. The second kappa shape index (κ2) is 5.14. The van der Waals surface area contributed by atoms with E-state index in [0.29, 0.717) is 36.2 Å². The lowest BCUT2D eigenvalue weighted by atomic mass is 10.0. The molecule has 0 radical (unpaired) electrons. The molecular weight excluding hydrogens is 192 g/mol. The van der Waals surface area contributed by atoms with E-state index in [1.54, 1.807) is 18.2 Å². The number of anilines is 2. The maximum absolute atomic E-state index is 11.6. The summed E-state index contributed by atoms with van der Waals surface area (Å²) in [5.41, 5.74) is 12.6. The van der Waals surface area contributed by atoms with Crippen molar-refractivity contribution in [2.24, 2.45) is 0 Å². The second-order valence-corrected chi connectivity index (χ2v) is 3.33. The molecule has 0 fully saturated rings. The Morgan fingerprint density at radius 3 is 2.73 bits per heavy atom. The molecule has 1 aromatic rings. The predicted octanol–water partition coefficient (Wildman–Crippen LogP) is 1.40. The van der Waals surface area contributed by atoms with Gasteiger partial charge in [-0.05, 0) is 24.6 Å². The first-order chi connectivity index (χ1) is 7.15. The van der Waals surface area contributed by atoms with Crippen LogP contribution < -0.4 is 11.5 Å². The fourth-order valence-corrected chi connectivity index (χ4v) is 1.30. The molecule has 0 atom stereocenters. The highest BCUT2D eigenvalue weighted by Gasteiger charge is 2.09. The lowest BCUT2D eigenvalue weighted by molar-refractivity contribution is -0.107. The molecule has 4 nitrogen and oxygen atoms in total. The summed E-state index contributed by atoms with van der Waals surface area (Å²) in [6.07, 6.45) is 2.08. The van der Waals surface area contributed by atoms with Gasteiger partial charge in [-0.25, -0.2) is 0 Å². The number of hydrogen-bond donors (Lipinski definition) is 2. The molecule has 0 bridgehead atoms. The monoisotopic (exact) mass is 206 g/mol. The maximum Gasteiger partial charge on any atom is 0.165 e. The van der Waals surface area contributed by atoms with Crippen LogP contribution in [0.1, 0.15) is 29.6 Å². The first kappa shape index (κ1) is 11.2. The van der Waals surface area contributed by atoms with Crippen molar-refractivity contribution < 1.29 is 9.59 Å². The van der Waals surface area contributed by atoms with Crippen molar-refractivity contribution in [3.8, 4) is 0 Å². The van der Waals surface area contributed by atoms with Gasteiger partial charge in [0.15, 0.2) is 5.78 Å². The average Bonchev–Trinajstić information content (AvgIpc) is 2.22. The van der Waals surface area contributed by atoms with Crippen molar-refractivity contribution in [1.82, 2.24) is 0 Å². The standard InChI is InChI=1S/C11H14N2O2/c12-8-4-5-10(13)9(7-8)11(15)3-1-2-6-14/h4-7H,1-3,12-13H2. The summed E-state index contributed by atoms with van der Waals surface area (Å²) >= 11 is 0. The third-order valence-corrected chi connectivity index (χ3v) is 2.10. The van der Waals surface area contributed by atoms with E-state index in [4.69, 9.17) is 11.5 Å². The van der Waals surface area contributed by atoms with E-state index in [-0.39, 0.29) is 5.78 Å². The molecule has 80 valence electrons. The molecule has 1 rings (SSSR count). The van der Waals surface area contributed by atoms with Crippen molar-refractivity contribution in [3.63, 3.8) is 0 Å². The molecule has 0 aliphatic rings. The summed E-state index contributed by atoms with van der Waals surface area (Å²) in [7, 11) is 0. The first-order valence-electron chi connectivity index (χ1n) is 4.77. The van der Waals surface area contributed by atoms with Crippen LogP contribution in [0.15, 0.2) is 18.2 Å². The summed E-state index contributed by atoms with van der Waals surface area (Å²) in [6, 6.07) is 4.83. The topological polar surface area (TPSA) is 86.2 Å². The van der Waals surface area contributed by atoms with E-state index in [1.807, 2.05) is 0 Å². The predicted molar refractivity (Wildman–Crippen MR) is 59.5 cm³/mol. The molecule has 15 heavy (non-hydrogen) atoms. The van der Waals surface area contributed by atoms with Gasteiger partial charge in [0.05, 0.1) is 0 Å². The highest BCUT2D eigenvalue weighted by atomic mass is 16.1. The van der Waals surface area contributed by atoms with Crippen molar-refractivity contribution in [3.05, 3.63) is 23.8 Å². The Hall–Kier alpha value is -1.84. The zero-order valence-corrected chi connectivity index (χ0v) is 8.40. The van der Waals surface area contributed by atoms with E-state index in [0.717, 1.165) is 6.29 Å². The summed E-state index contributed by atoms with van der Waals surface area (Å²) in [5.74, 6) is -0.0679. The Labute approximate surface area is 88.3 Å². The normalized spacial score (nSPS) is 9.87. The second-order valence-electron chi connectivity index (χ2n) is 3.33. The molecule has 1 aromatic carbocycles. The zero-order chi connectivity index (χ0) is 11.3. The van der Waals surface area contributed by atoms with Crippen LogP contribution in [0.4, 0.5) is 11.4 Å². The van der Waals surface area contributed by atoms with Crippen LogP contribution in [0.2, 0.25) is 0 Å². The molecular formula is C11H14N2O2. The number of aldehydes is 1. The number of carbonyl (C=O) groups is 2. The molecule has 0 aromatic heterocycles. The van der Waals surface area contributed by atoms with Gasteiger partial charge in [-0.3, -0.25) is 4.79 Å². The minimum Gasteiger partial charge on any atom is -0.399 e. The van der Waals surface area contributed by atoms with E-state index >= 15 is 0 Å². The van der Waals surface area contributed by atoms with Gasteiger partial charge in [-0.1, -0.05) is 0 Å². The molecule has 4 N–H and O–H groups in total. The minimum atomic E-state index is -0.0679. The van der Waals surface area contributed by atoms with Gasteiger partial charge in [-0.15, -0.1) is 0 Å². The zero-order valence-electron chi connectivity index (χ0n) is 8.40. The van der Waals surface area contributed by atoms with Gasteiger partial charge >= 0.3 is 0 Å². The average molecular weight is 206 g/mol. The Morgan fingerprint density at radius 2 is 2.07 bits per heavy atom. The van der Waals surface area contributed by atoms with Crippen molar-refractivity contribution >= 4 is 23.4 Å². The van der Waals surface area contributed by atoms with Gasteiger partial charge in [-0.2, -0.15) is 0 Å². The summed E-state index contributed by atoms with van der Waals surface area (Å²) < 4.78 is 0. The van der Waals surface area contributed by atoms with Crippen LogP contribution in [-0.4, -0.2) is 12.1 Å². The molecule has 0 aliphatic heterocycles. The fraction of sp³-hybridized carbons (Fsp3) is 0.273. The quantitative estimate of drug-likeness (QED) is 0.330. The van der Waals surface area contributed by atoms with Crippen LogP contribution in [-0.2, 0) is 4.79 Å². The SMILES string of the molecule is Nc1ccc(N)c(C(=O)CCCC=O)c1. The van der Waals surface area contributed by atoms with E-state index in [9.17, 15) is 9.59 Å². The van der Waals surface area contributed by atoms with Gasteiger partial charge in [0.1, 0.15) is 6.29 Å². The van der Waals surface area contributed by atoms with Gasteiger partial charge < -0.3 is 16.3 Å². The smallest absolute Gasteiger partial charge is 0.165 e. The Bertz CT molecular complexity index is 375. The molecule has 0 heterocycles. The number of carbonyl (C=O) groups excluding carboxylic acids is 2. The molecule has 0 amide bonds. The minimum absolute atomic E-state index is 0.0679. The van der Waals surface area contributed by atoms with Crippen LogP contribution in [0, 0.1) is 0 Å². The number of ketones is 1. The number of unbranched alkanes of at least 4 members (excludes halogenated alkanes) is 1. The number of Topliss-reactive ketones (excluding diaryl/α,β-unsaturated/α-hetero) is 1. The highest BCUT2D eigenvalue weighted by Crippen LogP contribution is 2.18. The molecule has 0 saturated carbocycles. The van der Waals surface area contributed by atoms with Gasteiger partial charge in [0.25, 0.3) is 0 Å². The highest BCUT2D eigenvalue weighted by molar-refractivity contribution is 6.01.